The van der Waals surface area contributed by atoms with E-state index in [-0.39, 0.29) is 11.9 Å². The van der Waals surface area contributed by atoms with Crippen molar-refractivity contribution in [3.8, 4) is 5.75 Å². The van der Waals surface area contributed by atoms with Crippen LogP contribution in [0.5, 0.6) is 5.75 Å². The number of ether oxygens (including phenoxy) is 1. The van der Waals surface area contributed by atoms with Crippen molar-refractivity contribution < 1.29 is 9.53 Å². The van der Waals surface area contributed by atoms with Crippen molar-refractivity contribution in [1.82, 2.24) is 10.2 Å². The van der Waals surface area contributed by atoms with E-state index in [0.29, 0.717) is 5.56 Å². The van der Waals surface area contributed by atoms with Crippen LogP contribution in [-0.2, 0) is 6.54 Å². The van der Waals surface area contributed by atoms with Crippen LogP contribution in [0, 0.1) is 0 Å². The molecule has 4 nitrogen and oxygen atoms in total. The molecule has 1 atom stereocenters. The molecule has 0 spiro atoms. The summed E-state index contributed by atoms with van der Waals surface area (Å²) in [6, 6.07) is 15.9. The van der Waals surface area contributed by atoms with Gasteiger partial charge in [0, 0.05) is 12.1 Å². The summed E-state index contributed by atoms with van der Waals surface area (Å²) < 4.78 is 5.20. The third kappa shape index (κ3) is 4.64. The van der Waals surface area contributed by atoms with Gasteiger partial charge in [0.15, 0.2) is 0 Å². The van der Waals surface area contributed by atoms with Crippen molar-refractivity contribution in [2.24, 2.45) is 0 Å². The summed E-state index contributed by atoms with van der Waals surface area (Å²) in [4.78, 5) is 15.1. The van der Waals surface area contributed by atoms with Gasteiger partial charge in [-0.2, -0.15) is 0 Å². The van der Waals surface area contributed by atoms with Gasteiger partial charge in [-0.3, -0.25) is 9.69 Å². The third-order valence-corrected chi connectivity index (χ3v) is 5.05. The third-order valence-electron chi connectivity index (χ3n) is 5.05. The van der Waals surface area contributed by atoms with Crippen LogP contribution in [0.25, 0.3) is 0 Å². The fraction of sp³-hybridized carbons (Fsp3) is 0.409. The fourth-order valence-electron chi connectivity index (χ4n) is 3.46. The Hall–Kier alpha value is -2.33. The lowest BCUT2D eigenvalue weighted by Gasteiger charge is -2.18. The van der Waals surface area contributed by atoms with Gasteiger partial charge in [0.05, 0.1) is 13.2 Å². The van der Waals surface area contributed by atoms with Crippen molar-refractivity contribution in [2.45, 2.75) is 38.8 Å². The summed E-state index contributed by atoms with van der Waals surface area (Å²) in [5, 5.41) is 3.14. The maximum Gasteiger partial charge on any atom is 0.251 e. The number of nitrogens with zero attached hydrogens (tertiary/aromatic N) is 1. The average molecular weight is 352 g/mol. The van der Waals surface area contributed by atoms with E-state index in [1.54, 1.807) is 7.11 Å². The zero-order valence-corrected chi connectivity index (χ0v) is 15.7. The predicted molar refractivity (Wildman–Crippen MR) is 104 cm³/mol. The number of likely N-dealkylation sites (tertiary alicyclic amines) is 1. The molecule has 0 saturated carbocycles. The van der Waals surface area contributed by atoms with Crippen LogP contribution in [0.3, 0.4) is 0 Å². The second-order valence-electron chi connectivity index (χ2n) is 6.89. The Labute approximate surface area is 156 Å². The van der Waals surface area contributed by atoms with Gasteiger partial charge in [-0.1, -0.05) is 31.2 Å². The molecule has 138 valence electrons. The van der Waals surface area contributed by atoms with Crippen LogP contribution in [0.1, 0.15) is 53.7 Å². The molecule has 1 aliphatic rings. The van der Waals surface area contributed by atoms with Gasteiger partial charge in [-0.05, 0) is 67.7 Å². The first-order valence-corrected chi connectivity index (χ1v) is 9.45. The Kier molecular flexibility index (Phi) is 6.29. The van der Waals surface area contributed by atoms with Crippen LogP contribution in [0.15, 0.2) is 48.5 Å². The molecule has 1 aliphatic heterocycles. The van der Waals surface area contributed by atoms with E-state index in [4.69, 9.17) is 4.74 Å². The SMILES string of the molecule is CCC(NC(=O)c1ccc(CN2CCCC2)cc1)c1ccc(OC)cc1. The molecular weight excluding hydrogens is 324 g/mol. The van der Waals surface area contributed by atoms with Crippen LogP contribution in [0.4, 0.5) is 0 Å². The summed E-state index contributed by atoms with van der Waals surface area (Å²) >= 11 is 0. The first-order chi connectivity index (χ1) is 12.7. The molecule has 2 aromatic carbocycles. The minimum absolute atomic E-state index is 0.00215. The van der Waals surface area contributed by atoms with Gasteiger partial charge < -0.3 is 10.1 Å². The quantitative estimate of drug-likeness (QED) is 0.813. The maximum atomic E-state index is 12.6. The van der Waals surface area contributed by atoms with Gasteiger partial charge >= 0.3 is 0 Å². The molecule has 1 saturated heterocycles. The smallest absolute Gasteiger partial charge is 0.251 e. The molecule has 1 fully saturated rings. The monoisotopic (exact) mass is 352 g/mol. The highest BCUT2D eigenvalue weighted by atomic mass is 16.5. The van der Waals surface area contributed by atoms with Crippen molar-refractivity contribution >= 4 is 5.91 Å². The number of nitrogens with one attached hydrogen (secondary N) is 1. The number of amides is 1. The Morgan fingerprint density at radius 3 is 2.31 bits per heavy atom. The zero-order valence-electron chi connectivity index (χ0n) is 15.7. The normalized spacial score (nSPS) is 15.6. The maximum absolute atomic E-state index is 12.6. The predicted octanol–water partition coefficient (Wildman–Crippen LogP) is 4.17. The number of benzene rings is 2. The number of hydrogen-bond acceptors (Lipinski definition) is 3. The number of rotatable bonds is 7. The van der Waals surface area contributed by atoms with E-state index in [1.165, 1.54) is 31.5 Å². The Morgan fingerprint density at radius 1 is 1.08 bits per heavy atom. The van der Waals surface area contributed by atoms with Crippen LogP contribution < -0.4 is 10.1 Å². The highest BCUT2D eigenvalue weighted by Gasteiger charge is 2.15. The number of carbonyl (C=O) groups is 1. The number of hydrogen-bond donors (Lipinski definition) is 1. The first kappa shape index (κ1) is 18.5. The van der Waals surface area contributed by atoms with E-state index in [2.05, 4.69) is 29.3 Å². The van der Waals surface area contributed by atoms with E-state index in [9.17, 15) is 4.79 Å². The topological polar surface area (TPSA) is 41.6 Å². The van der Waals surface area contributed by atoms with Gasteiger partial charge in [0.1, 0.15) is 5.75 Å². The summed E-state index contributed by atoms with van der Waals surface area (Å²) in [6.07, 6.45) is 3.43. The Bertz CT molecular complexity index is 704. The summed E-state index contributed by atoms with van der Waals surface area (Å²) in [6.45, 7) is 5.42. The van der Waals surface area contributed by atoms with Crippen LogP contribution >= 0.6 is 0 Å². The van der Waals surface area contributed by atoms with Crippen molar-refractivity contribution in [2.75, 3.05) is 20.2 Å². The van der Waals surface area contributed by atoms with Gasteiger partial charge in [-0.25, -0.2) is 0 Å². The van der Waals surface area contributed by atoms with Crippen LogP contribution in [0.2, 0.25) is 0 Å². The molecular formula is C22H28N2O2. The van der Waals surface area contributed by atoms with E-state index in [1.807, 2.05) is 36.4 Å². The van der Waals surface area contributed by atoms with Gasteiger partial charge in [-0.15, -0.1) is 0 Å². The molecule has 2 aromatic rings. The molecule has 0 aliphatic carbocycles. The summed E-state index contributed by atoms with van der Waals surface area (Å²) in [5.41, 5.74) is 3.07. The first-order valence-electron chi connectivity index (χ1n) is 9.45. The Morgan fingerprint density at radius 2 is 1.73 bits per heavy atom. The van der Waals surface area contributed by atoms with Crippen molar-refractivity contribution in [3.63, 3.8) is 0 Å². The number of carbonyl (C=O) groups excluding carboxylic acids is 1. The Balaban J connectivity index is 1.61. The molecule has 1 unspecified atom stereocenters. The molecule has 0 radical (unpaired) electrons. The van der Waals surface area contributed by atoms with Gasteiger partial charge in [0.25, 0.3) is 5.91 Å². The summed E-state index contributed by atoms with van der Waals surface area (Å²) in [7, 11) is 1.65. The summed E-state index contributed by atoms with van der Waals surface area (Å²) in [5.74, 6) is 0.795. The van der Waals surface area contributed by atoms with E-state index >= 15 is 0 Å². The van der Waals surface area contributed by atoms with Crippen molar-refractivity contribution in [3.05, 3.63) is 65.2 Å². The standard InChI is InChI=1S/C22H28N2O2/c1-3-21(18-10-12-20(26-2)13-11-18)23-22(25)19-8-6-17(7-9-19)16-24-14-4-5-15-24/h6-13,21H,3-5,14-16H2,1-2H3,(H,23,25). The second-order valence-corrected chi connectivity index (χ2v) is 6.89. The van der Waals surface area contributed by atoms with Gasteiger partial charge in [0.2, 0.25) is 0 Å². The molecule has 1 N–H and O–H groups in total. The molecule has 3 rings (SSSR count). The fourth-order valence-corrected chi connectivity index (χ4v) is 3.46. The lowest BCUT2D eigenvalue weighted by Crippen LogP contribution is -2.28. The van der Waals surface area contributed by atoms with E-state index in [0.717, 1.165) is 24.3 Å². The lowest BCUT2D eigenvalue weighted by molar-refractivity contribution is 0.0935. The largest absolute Gasteiger partial charge is 0.497 e. The van der Waals surface area contributed by atoms with Crippen LogP contribution in [-0.4, -0.2) is 31.0 Å². The average Bonchev–Trinajstić information content (AvgIpc) is 3.19. The molecule has 1 heterocycles. The van der Waals surface area contributed by atoms with E-state index < -0.39 is 0 Å². The highest BCUT2D eigenvalue weighted by Crippen LogP contribution is 2.21. The van der Waals surface area contributed by atoms with Crippen molar-refractivity contribution in [1.29, 1.82) is 0 Å². The minimum Gasteiger partial charge on any atom is -0.497 e. The zero-order chi connectivity index (χ0) is 18.4. The molecule has 0 aromatic heterocycles. The molecule has 0 bridgehead atoms. The minimum atomic E-state index is -0.0274. The molecule has 4 heteroatoms. The highest BCUT2D eigenvalue weighted by molar-refractivity contribution is 5.94. The molecule has 26 heavy (non-hydrogen) atoms. The lowest BCUT2D eigenvalue weighted by atomic mass is 10.0. The molecule has 1 amide bonds. The number of methoxy groups -OCH3 is 1. The second kappa shape index (κ2) is 8.86.